The molecule has 0 amide bonds. The van der Waals surface area contributed by atoms with Crippen LogP contribution in [-0.4, -0.2) is 31.8 Å². The monoisotopic (exact) mass is 200 g/mol. The van der Waals surface area contributed by atoms with E-state index in [0.717, 1.165) is 18.9 Å². The Kier molecular flexibility index (Phi) is 4.35. The number of nitrogens with two attached hydrogens (primary N) is 1. The first kappa shape index (κ1) is 12.0. The van der Waals surface area contributed by atoms with Crippen molar-refractivity contribution in [2.24, 2.45) is 11.7 Å². The molecule has 3 nitrogen and oxygen atoms in total. The van der Waals surface area contributed by atoms with Crippen molar-refractivity contribution in [2.75, 3.05) is 20.3 Å². The van der Waals surface area contributed by atoms with Gasteiger partial charge in [-0.1, -0.05) is 6.92 Å². The van der Waals surface area contributed by atoms with E-state index >= 15 is 0 Å². The van der Waals surface area contributed by atoms with E-state index in [9.17, 15) is 0 Å². The number of nitrogens with one attached hydrogen (secondary N) is 1. The minimum Gasteiger partial charge on any atom is -0.383 e. The van der Waals surface area contributed by atoms with Gasteiger partial charge >= 0.3 is 0 Å². The van der Waals surface area contributed by atoms with Crippen molar-refractivity contribution in [2.45, 2.75) is 44.7 Å². The van der Waals surface area contributed by atoms with Crippen LogP contribution in [0.25, 0.3) is 0 Å². The van der Waals surface area contributed by atoms with Gasteiger partial charge in [-0.15, -0.1) is 0 Å². The van der Waals surface area contributed by atoms with Gasteiger partial charge in [0.25, 0.3) is 0 Å². The predicted octanol–water partition coefficient (Wildman–Crippen LogP) is 1.13. The first-order valence-corrected chi connectivity index (χ1v) is 5.65. The molecule has 0 spiro atoms. The van der Waals surface area contributed by atoms with Crippen LogP contribution in [0.2, 0.25) is 0 Å². The Hall–Kier alpha value is -0.120. The molecule has 3 N–H and O–H groups in total. The van der Waals surface area contributed by atoms with E-state index in [1.807, 2.05) is 0 Å². The van der Waals surface area contributed by atoms with E-state index in [-0.39, 0.29) is 5.54 Å². The molecular weight excluding hydrogens is 176 g/mol. The standard InChI is InChI=1S/C11H24N2O/c1-4-9(2)13-11(7-12,8-14-3)10-5-6-10/h9-10,13H,4-8,12H2,1-3H3. The molecule has 0 aromatic rings. The molecule has 2 atom stereocenters. The van der Waals surface area contributed by atoms with Gasteiger partial charge < -0.3 is 15.8 Å². The first-order chi connectivity index (χ1) is 6.68. The van der Waals surface area contributed by atoms with Crippen LogP contribution in [0, 0.1) is 5.92 Å². The molecule has 0 radical (unpaired) electrons. The summed E-state index contributed by atoms with van der Waals surface area (Å²) in [5.41, 5.74) is 5.93. The average Bonchev–Trinajstić information content (AvgIpc) is 3.00. The first-order valence-electron chi connectivity index (χ1n) is 5.65. The van der Waals surface area contributed by atoms with Crippen molar-refractivity contribution in [1.29, 1.82) is 0 Å². The minimum absolute atomic E-state index is 0.0319. The highest BCUT2D eigenvalue weighted by Gasteiger charge is 2.44. The van der Waals surface area contributed by atoms with Crippen LogP contribution >= 0.6 is 0 Å². The van der Waals surface area contributed by atoms with Gasteiger partial charge in [-0.2, -0.15) is 0 Å². The van der Waals surface area contributed by atoms with Gasteiger partial charge in [-0.3, -0.25) is 0 Å². The zero-order chi connectivity index (χ0) is 10.6. The topological polar surface area (TPSA) is 47.3 Å². The van der Waals surface area contributed by atoms with E-state index in [1.54, 1.807) is 7.11 Å². The Morgan fingerprint density at radius 2 is 2.21 bits per heavy atom. The number of hydrogen-bond acceptors (Lipinski definition) is 3. The summed E-state index contributed by atoms with van der Waals surface area (Å²) in [5, 5.41) is 3.64. The van der Waals surface area contributed by atoms with Crippen molar-refractivity contribution >= 4 is 0 Å². The lowest BCUT2D eigenvalue weighted by molar-refractivity contribution is 0.0908. The smallest absolute Gasteiger partial charge is 0.0659 e. The van der Waals surface area contributed by atoms with E-state index < -0.39 is 0 Å². The fraction of sp³-hybridized carbons (Fsp3) is 1.00. The van der Waals surface area contributed by atoms with Gasteiger partial charge in [-0.05, 0) is 32.1 Å². The maximum atomic E-state index is 5.90. The van der Waals surface area contributed by atoms with Gasteiger partial charge in [0, 0.05) is 19.7 Å². The van der Waals surface area contributed by atoms with Crippen LogP contribution in [0.1, 0.15) is 33.1 Å². The highest BCUT2D eigenvalue weighted by atomic mass is 16.5. The van der Waals surface area contributed by atoms with Gasteiger partial charge in [0.15, 0.2) is 0 Å². The summed E-state index contributed by atoms with van der Waals surface area (Å²) in [6.45, 7) is 5.81. The molecule has 0 aromatic carbocycles. The van der Waals surface area contributed by atoms with Crippen molar-refractivity contribution in [3.05, 3.63) is 0 Å². The largest absolute Gasteiger partial charge is 0.383 e. The molecule has 0 saturated heterocycles. The fourth-order valence-electron chi connectivity index (χ4n) is 2.05. The summed E-state index contributed by atoms with van der Waals surface area (Å²) < 4.78 is 5.30. The molecule has 1 aliphatic rings. The molecule has 0 heterocycles. The SMILES string of the molecule is CCC(C)NC(CN)(COC)C1CC1. The highest BCUT2D eigenvalue weighted by Crippen LogP contribution is 2.39. The average molecular weight is 200 g/mol. The summed E-state index contributed by atoms with van der Waals surface area (Å²) in [6, 6.07) is 0.522. The summed E-state index contributed by atoms with van der Waals surface area (Å²) in [4.78, 5) is 0. The third-order valence-corrected chi connectivity index (χ3v) is 3.27. The van der Waals surface area contributed by atoms with E-state index in [4.69, 9.17) is 10.5 Å². The maximum Gasteiger partial charge on any atom is 0.0659 e. The molecule has 2 unspecified atom stereocenters. The molecule has 1 saturated carbocycles. The van der Waals surface area contributed by atoms with Gasteiger partial charge in [-0.25, -0.2) is 0 Å². The lowest BCUT2D eigenvalue weighted by Gasteiger charge is -2.36. The minimum atomic E-state index is 0.0319. The molecule has 1 aliphatic carbocycles. The maximum absolute atomic E-state index is 5.90. The van der Waals surface area contributed by atoms with Gasteiger partial charge in [0.05, 0.1) is 12.1 Å². The molecule has 0 aromatic heterocycles. The Balaban J connectivity index is 2.57. The second-order valence-corrected chi connectivity index (χ2v) is 4.52. The summed E-state index contributed by atoms with van der Waals surface area (Å²) >= 11 is 0. The Morgan fingerprint density at radius 1 is 1.57 bits per heavy atom. The van der Waals surface area contributed by atoms with Crippen LogP contribution in [0.4, 0.5) is 0 Å². The van der Waals surface area contributed by atoms with E-state index in [0.29, 0.717) is 12.6 Å². The number of ether oxygens (including phenoxy) is 1. The number of methoxy groups -OCH3 is 1. The summed E-state index contributed by atoms with van der Waals surface area (Å²) in [5.74, 6) is 0.724. The Morgan fingerprint density at radius 3 is 2.57 bits per heavy atom. The zero-order valence-electron chi connectivity index (χ0n) is 9.68. The lowest BCUT2D eigenvalue weighted by atomic mass is 9.93. The number of hydrogen-bond donors (Lipinski definition) is 2. The predicted molar refractivity (Wildman–Crippen MR) is 59.3 cm³/mol. The summed E-state index contributed by atoms with van der Waals surface area (Å²) in [7, 11) is 1.76. The van der Waals surface area contributed by atoms with Crippen molar-refractivity contribution in [3.63, 3.8) is 0 Å². The fourth-order valence-corrected chi connectivity index (χ4v) is 2.05. The normalized spacial score (nSPS) is 23.1. The Bertz CT molecular complexity index is 171. The molecule has 0 bridgehead atoms. The van der Waals surface area contributed by atoms with Crippen LogP contribution in [-0.2, 0) is 4.74 Å². The van der Waals surface area contributed by atoms with Crippen LogP contribution in [0.3, 0.4) is 0 Å². The molecule has 3 heteroatoms. The van der Waals surface area contributed by atoms with Gasteiger partial charge in [0.2, 0.25) is 0 Å². The van der Waals surface area contributed by atoms with Crippen LogP contribution in [0.5, 0.6) is 0 Å². The van der Waals surface area contributed by atoms with E-state index in [1.165, 1.54) is 12.8 Å². The lowest BCUT2D eigenvalue weighted by Crippen LogP contribution is -2.59. The van der Waals surface area contributed by atoms with Crippen molar-refractivity contribution in [1.82, 2.24) is 5.32 Å². The molecule has 1 fully saturated rings. The molecule has 0 aliphatic heterocycles. The van der Waals surface area contributed by atoms with Gasteiger partial charge in [0.1, 0.15) is 0 Å². The van der Waals surface area contributed by atoms with Crippen molar-refractivity contribution < 1.29 is 4.74 Å². The summed E-state index contributed by atoms with van der Waals surface area (Å²) in [6.07, 6.45) is 3.73. The van der Waals surface area contributed by atoms with Crippen LogP contribution < -0.4 is 11.1 Å². The third-order valence-electron chi connectivity index (χ3n) is 3.27. The van der Waals surface area contributed by atoms with E-state index in [2.05, 4.69) is 19.2 Å². The highest BCUT2D eigenvalue weighted by molar-refractivity contribution is 5.02. The van der Waals surface area contributed by atoms with Crippen LogP contribution in [0.15, 0.2) is 0 Å². The Labute approximate surface area is 87.4 Å². The molecule has 14 heavy (non-hydrogen) atoms. The van der Waals surface area contributed by atoms with Crippen molar-refractivity contribution in [3.8, 4) is 0 Å². The quantitative estimate of drug-likeness (QED) is 0.647. The zero-order valence-corrected chi connectivity index (χ0v) is 9.68. The second kappa shape index (κ2) is 5.10. The third kappa shape index (κ3) is 2.69. The number of rotatable bonds is 7. The second-order valence-electron chi connectivity index (χ2n) is 4.52. The molecule has 1 rings (SSSR count). The molecule has 84 valence electrons. The molecular formula is C11H24N2O.